The minimum atomic E-state index is 1.22. The summed E-state index contributed by atoms with van der Waals surface area (Å²) in [5.41, 5.74) is 0. The van der Waals surface area contributed by atoms with Gasteiger partial charge in [-0.1, -0.05) is 36.5 Å². The van der Waals surface area contributed by atoms with Crippen molar-refractivity contribution in [3.05, 3.63) is 36.5 Å². The van der Waals surface area contributed by atoms with Gasteiger partial charge in [0, 0.05) is 0 Å². The van der Waals surface area contributed by atoms with Gasteiger partial charge in [-0.3, -0.25) is 0 Å². The number of hydrogen-bond donors (Lipinski definition) is 0. The van der Waals surface area contributed by atoms with E-state index in [4.69, 9.17) is 0 Å². The topological polar surface area (TPSA) is 0 Å². The lowest BCUT2D eigenvalue weighted by molar-refractivity contribution is 0.838. The largest absolute Gasteiger partial charge is 0.0885 e. The molecule has 0 radical (unpaired) electrons. The van der Waals surface area contributed by atoms with Crippen LogP contribution in [0.2, 0.25) is 0 Å². The molecule has 0 heterocycles. The molecule has 0 spiro atoms. The molecule has 0 heteroatoms. The van der Waals surface area contributed by atoms with Crippen molar-refractivity contribution in [2.75, 3.05) is 0 Å². The van der Waals surface area contributed by atoms with Crippen molar-refractivity contribution in [3.8, 4) is 0 Å². The summed E-state index contributed by atoms with van der Waals surface area (Å²) in [6.45, 7) is 0. The van der Waals surface area contributed by atoms with E-state index >= 15 is 0 Å². The molecule has 1 rings (SSSR count). The highest BCUT2D eigenvalue weighted by molar-refractivity contribution is 5.02. The molecule has 0 nitrogen and oxygen atoms in total. The van der Waals surface area contributed by atoms with Gasteiger partial charge in [0.25, 0.3) is 0 Å². The third-order valence-electron chi connectivity index (χ3n) is 2.03. The Balaban J connectivity index is 2.30. The van der Waals surface area contributed by atoms with Crippen molar-refractivity contribution in [1.29, 1.82) is 0 Å². The summed E-state index contributed by atoms with van der Waals surface area (Å²) in [4.78, 5) is 0. The summed E-state index contributed by atoms with van der Waals surface area (Å²) in [5, 5.41) is 0. The Labute approximate surface area is 75.7 Å². The summed E-state index contributed by atoms with van der Waals surface area (Å²) in [6.07, 6.45) is 21.0. The number of rotatable bonds is 0. The molecule has 0 aromatic rings. The summed E-state index contributed by atoms with van der Waals surface area (Å²) in [5.74, 6) is 0. The molecule has 12 heavy (non-hydrogen) atoms. The third kappa shape index (κ3) is 4.95. The van der Waals surface area contributed by atoms with E-state index in [9.17, 15) is 0 Å². The highest BCUT2D eigenvalue weighted by atomic mass is 13.9. The Bertz CT molecular complexity index is 152. The lowest BCUT2D eigenvalue weighted by Gasteiger charge is -1.93. The van der Waals surface area contributed by atoms with Crippen LogP contribution in [0.3, 0.4) is 0 Å². The van der Waals surface area contributed by atoms with Gasteiger partial charge in [-0.15, -0.1) is 0 Å². The van der Waals surface area contributed by atoms with Gasteiger partial charge < -0.3 is 0 Å². The molecule has 0 aromatic carbocycles. The van der Waals surface area contributed by atoms with Crippen molar-refractivity contribution in [3.63, 3.8) is 0 Å². The first-order valence-corrected chi connectivity index (χ1v) is 4.97. The van der Waals surface area contributed by atoms with Crippen LogP contribution in [0, 0.1) is 0 Å². The van der Waals surface area contributed by atoms with Crippen LogP contribution in [0.5, 0.6) is 0 Å². The first kappa shape index (κ1) is 9.31. The fourth-order valence-corrected chi connectivity index (χ4v) is 1.29. The zero-order valence-corrected chi connectivity index (χ0v) is 7.71. The van der Waals surface area contributed by atoms with Gasteiger partial charge in [0.1, 0.15) is 0 Å². The van der Waals surface area contributed by atoms with Crippen molar-refractivity contribution in [1.82, 2.24) is 0 Å². The van der Waals surface area contributed by atoms with Crippen LogP contribution in [0.1, 0.15) is 38.5 Å². The standard InChI is InChI=1S/C12H18/c1-2-4-6-8-10-12-11-9-7-5-3-1/h1-4,11-12H,5-10H2/b3-1-,4-2-,12-11-. The second-order valence-electron chi connectivity index (χ2n) is 3.19. The molecular formula is C12H18. The molecular weight excluding hydrogens is 144 g/mol. The summed E-state index contributed by atoms with van der Waals surface area (Å²) in [7, 11) is 0. The molecule has 1 aliphatic carbocycles. The average molecular weight is 162 g/mol. The molecule has 0 amide bonds. The summed E-state index contributed by atoms with van der Waals surface area (Å²) < 4.78 is 0. The highest BCUT2D eigenvalue weighted by Crippen LogP contribution is 2.03. The quantitative estimate of drug-likeness (QED) is 0.472. The van der Waals surface area contributed by atoms with Crippen LogP contribution in [0.4, 0.5) is 0 Å². The van der Waals surface area contributed by atoms with E-state index in [1.807, 2.05) is 0 Å². The molecule has 0 atom stereocenters. The molecule has 0 saturated carbocycles. The SMILES string of the molecule is C1=C\CCC/C=C\CCC\C=C/1. The second kappa shape index (κ2) is 6.90. The third-order valence-corrected chi connectivity index (χ3v) is 2.03. The van der Waals surface area contributed by atoms with Crippen molar-refractivity contribution >= 4 is 0 Å². The first-order chi connectivity index (χ1) is 6.00. The molecule has 66 valence electrons. The smallest absolute Gasteiger partial charge is 0.0345 e. The van der Waals surface area contributed by atoms with Crippen molar-refractivity contribution in [2.45, 2.75) is 38.5 Å². The molecule has 0 aromatic heterocycles. The normalized spacial score (nSPS) is 28.0. The monoisotopic (exact) mass is 162 g/mol. The van der Waals surface area contributed by atoms with E-state index in [0.717, 1.165) is 0 Å². The predicted octanol–water partition coefficient (Wildman–Crippen LogP) is 4.01. The van der Waals surface area contributed by atoms with Gasteiger partial charge >= 0.3 is 0 Å². The predicted molar refractivity (Wildman–Crippen MR) is 55.1 cm³/mol. The first-order valence-electron chi connectivity index (χ1n) is 4.97. The minimum absolute atomic E-state index is 1.22. The molecule has 0 bridgehead atoms. The van der Waals surface area contributed by atoms with Crippen LogP contribution in [0.15, 0.2) is 36.5 Å². The molecule has 0 N–H and O–H groups in total. The molecule has 1 aliphatic rings. The van der Waals surface area contributed by atoms with Crippen molar-refractivity contribution < 1.29 is 0 Å². The van der Waals surface area contributed by atoms with Crippen LogP contribution < -0.4 is 0 Å². The van der Waals surface area contributed by atoms with Gasteiger partial charge in [-0.2, -0.15) is 0 Å². The van der Waals surface area contributed by atoms with E-state index in [2.05, 4.69) is 36.5 Å². The lowest BCUT2D eigenvalue weighted by atomic mass is 10.1. The Kier molecular flexibility index (Phi) is 5.35. The Morgan fingerprint density at radius 1 is 0.500 bits per heavy atom. The van der Waals surface area contributed by atoms with Gasteiger partial charge in [-0.25, -0.2) is 0 Å². The molecule has 0 fully saturated rings. The summed E-state index contributed by atoms with van der Waals surface area (Å²) in [6, 6.07) is 0. The Morgan fingerprint density at radius 3 is 1.42 bits per heavy atom. The van der Waals surface area contributed by atoms with Gasteiger partial charge in [0.15, 0.2) is 0 Å². The summed E-state index contributed by atoms with van der Waals surface area (Å²) >= 11 is 0. The van der Waals surface area contributed by atoms with E-state index in [1.165, 1.54) is 38.5 Å². The fraction of sp³-hybridized carbons (Fsp3) is 0.500. The van der Waals surface area contributed by atoms with E-state index in [0.29, 0.717) is 0 Å². The maximum absolute atomic E-state index is 2.32. The van der Waals surface area contributed by atoms with E-state index in [-0.39, 0.29) is 0 Å². The molecule has 0 aliphatic heterocycles. The Hall–Kier alpha value is -0.780. The fourth-order valence-electron chi connectivity index (χ4n) is 1.29. The zero-order chi connectivity index (χ0) is 8.49. The average Bonchev–Trinajstić information content (AvgIpc) is 2.05. The van der Waals surface area contributed by atoms with Gasteiger partial charge in [-0.05, 0) is 38.5 Å². The Morgan fingerprint density at radius 2 is 0.917 bits per heavy atom. The van der Waals surface area contributed by atoms with E-state index in [1.54, 1.807) is 0 Å². The highest BCUT2D eigenvalue weighted by Gasteiger charge is 1.83. The van der Waals surface area contributed by atoms with Crippen LogP contribution in [-0.4, -0.2) is 0 Å². The number of hydrogen-bond acceptors (Lipinski definition) is 0. The maximum atomic E-state index is 2.32. The van der Waals surface area contributed by atoms with Crippen LogP contribution >= 0.6 is 0 Å². The van der Waals surface area contributed by atoms with Gasteiger partial charge in [0.05, 0.1) is 0 Å². The van der Waals surface area contributed by atoms with E-state index < -0.39 is 0 Å². The minimum Gasteiger partial charge on any atom is -0.0885 e. The number of allylic oxidation sites excluding steroid dienone is 6. The van der Waals surface area contributed by atoms with Crippen LogP contribution in [0.25, 0.3) is 0 Å². The zero-order valence-electron chi connectivity index (χ0n) is 7.71. The van der Waals surface area contributed by atoms with Crippen molar-refractivity contribution in [2.24, 2.45) is 0 Å². The van der Waals surface area contributed by atoms with Gasteiger partial charge in [0.2, 0.25) is 0 Å². The lowest BCUT2D eigenvalue weighted by Crippen LogP contribution is -1.73. The molecule has 0 saturated heterocycles. The second-order valence-corrected chi connectivity index (χ2v) is 3.19. The maximum Gasteiger partial charge on any atom is -0.0345 e. The molecule has 0 unspecified atom stereocenters. The van der Waals surface area contributed by atoms with Crippen LogP contribution in [-0.2, 0) is 0 Å².